The van der Waals surface area contributed by atoms with E-state index in [0.717, 1.165) is 10.1 Å². The van der Waals surface area contributed by atoms with Crippen LogP contribution >= 0.6 is 23.1 Å². The van der Waals surface area contributed by atoms with Crippen LogP contribution in [0.25, 0.3) is 0 Å². The molecule has 1 amide bonds. The summed E-state index contributed by atoms with van der Waals surface area (Å²) in [5.74, 6) is 0.751. The number of carbonyl (C=O) groups excluding carboxylic acids is 1. The summed E-state index contributed by atoms with van der Waals surface area (Å²) < 4.78 is 0.828. The number of hydrogen-bond acceptors (Lipinski definition) is 6. The van der Waals surface area contributed by atoms with Crippen LogP contribution in [0, 0.1) is 5.41 Å². The van der Waals surface area contributed by atoms with E-state index in [2.05, 4.69) is 15.5 Å². The minimum atomic E-state index is -0.420. The summed E-state index contributed by atoms with van der Waals surface area (Å²) in [6.07, 6.45) is 0. The third-order valence-electron chi connectivity index (χ3n) is 1.65. The molecule has 0 aliphatic heterocycles. The maximum Gasteiger partial charge on any atom is 0.231 e. The van der Waals surface area contributed by atoms with Gasteiger partial charge in [0.2, 0.25) is 11.0 Å². The van der Waals surface area contributed by atoms with Crippen molar-refractivity contribution in [2.45, 2.75) is 25.1 Å². The highest BCUT2D eigenvalue weighted by Gasteiger charge is 2.22. The molecule has 1 heterocycles. The van der Waals surface area contributed by atoms with Crippen LogP contribution < -0.4 is 11.1 Å². The quantitative estimate of drug-likeness (QED) is 0.634. The number of rotatable bonds is 4. The molecule has 0 aromatic carbocycles. The smallest absolute Gasteiger partial charge is 0.231 e. The van der Waals surface area contributed by atoms with Crippen molar-refractivity contribution in [2.24, 2.45) is 11.1 Å². The van der Waals surface area contributed by atoms with E-state index in [-0.39, 0.29) is 5.91 Å². The van der Waals surface area contributed by atoms with Gasteiger partial charge in [-0.3, -0.25) is 4.79 Å². The molecule has 7 heteroatoms. The largest absolute Gasteiger partial charge is 0.330 e. The van der Waals surface area contributed by atoms with Gasteiger partial charge >= 0.3 is 0 Å². The van der Waals surface area contributed by atoms with Crippen LogP contribution in [0.15, 0.2) is 4.34 Å². The standard InChI is InChI=1S/C9H16N4OS2/c1-9(2,3)6(14)11-7-12-13-8(16-7)15-5-4-10/h4-5,10H2,1-3H3,(H,11,12,14). The minimum Gasteiger partial charge on any atom is -0.330 e. The summed E-state index contributed by atoms with van der Waals surface area (Å²) in [7, 11) is 0. The molecular weight excluding hydrogens is 244 g/mol. The molecule has 90 valence electrons. The average molecular weight is 260 g/mol. The molecule has 0 saturated heterocycles. The van der Waals surface area contributed by atoms with Gasteiger partial charge in [-0.25, -0.2) is 0 Å². The van der Waals surface area contributed by atoms with Crippen molar-refractivity contribution in [1.82, 2.24) is 10.2 Å². The number of anilines is 1. The Labute approximate surface area is 103 Å². The number of nitrogens with zero attached hydrogens (tertiary/aromatic N) is 2. The van der Waals surface area contributed by atoms with Crippen LogP contribution in [0.5, 0.6) is 0 Å². The highest BCUT2D eigenvalue weighted by atomic mass is 32.2. The monoisotopic (exact) mass is 260 g/mol. The third kappa shape index (κ3) is 4.07. The van der Waals surface area contributed by atoms with Crippen LogP contribution in [0.4, 0.5) is 5.13 Å². The number of amides is 1. The summed E-state index contributed by atoms with van der Waals surface area (Å²) in [4.78, 5) is 11.7. The zero-order chi connectivity index (χ0) is 12.2. The van der Waals surface area contributed by atoms with Gasteiger partial charge in [0.1, 0.15) is 0 Å². The molecule has 1 aromatic rings. The van der Waals surface area contributed by atoms with Crippen molar-refractivity contribution < 1.29 is 4.79 Å². The van der Waals surface area contributed by atoms with Gasteiger partial charge in [-0.15, -0.1) is 10.2 Å². The first kappa shape index (κ1) is 13.4. The molecule has 0 unspecified atom stereocenters. The first-order valence-corrected chi connectivity index (χ1v) is 6.71. The van der Waals surface area contributed by atoms with E-state index in [1.165, 1.54) is 11.3 Å². The Morgan fingerprint density at radius 1 is 1.50 bits per heavy atom. The van der Waals surface area contributed by atoms with Crippen LogP contribution in [-0.4, -0.2) is 28.4 Å². The lowest BCUT2D eigenvalue weighted by atomic mass is 9.96. The molecule has 0 fully saturated rings. The lowest BCUT2D eigenvalue weighted by Crippen LogP contribution is -2.27. The Kier molecular flexibility index (Phi) is 4.69. The second-order valence-electron chi connectivity index (χ2n) is 4.21. The van der Waals surface area contributed by atoms with E-state index >= 15 is 0 Å². The van der Waals surface area contributed by atoms with E-state index in [9.17, 15) is 4.79 Å². The molecule has 3 N–H and O–H groups in total. The molecule has 0 atom stereocenters. The van der Waals surface area contributed by atoms with Gasteiger partial charge in [0.15, 0.2) is 4.34 Å². The maximum atomic E-state index is 11.7. The van der Waals surface area contributed by atoms with Gasteiger partial charge < -0.3 is 11.1 Å². The highest BCUT2D eigenvalue weighted by Crippen LogP contribution is 2.26. The van der Waals surface area contributed by atoms with Gasteiger partial charge in [-0.2, -0.15) is 0 Å². The number of nitrogens with one attached hydrogen (secondary N) is 1. The van der Waals surface area contributed by atoms with E-state index in [1.807, 2.05) is 20.8 Å². The number of carbonyl (C=O) groups is 1. The summed E-state index contributed by atoms with van der Waals surface area (Å²) in [6.45, 7) is 6.17. The number of thioether (sulfide) groups is 1. The van der Waals surface area contributed by atoms with Crippen LogP contribution in [-0.2, 0) is 4.79 Å². The normalized spacial score (nSPS) is 11.5. The fourth-order valence-corrected chi connectivity index (χ4v) is 2.34. The Hall–Kier alpha value is -0.660. The molecule has 1 rings (SSSR count). The molecule has 16 heavy (non-hydrogen) atoms. The van der Waals surface area contributed by atoms with E-state index in [4.69, 9.17) is 5.73 Å². The predicted octanol–water partition coefficient (Wildman–Crippen LogP) is 1.57. The zero-order valence-corrected chi connectivity index (χ0v) is 11.2. The molecule has 0 radical (unpaired) electrons. The fraction of sp³-hybridized carbons (Fsp3) is 0.667. The van der Waals surface area contributed by atoms with Crippen molar-refractivity contribution in [1.29, 1.82) is 0 Å². The van der Waals surface area contributed by atoms with Gasteiger partial charge in [0, 0.05) is 17.7 Å². The van der Waals surface area contributed by atoms with Gasteiger partial charge in [-0.05, 0) is 0 Å². The Bertz CT molecular complexity index is 359. The Morgan fingerprint density at radius 2 is 2.19 bits per heavy atom. The van der Waals surface area contributed by atoms with E-state index in [1.54, 1.807) is 11.8 Å². The first-order valence-electron chi connectivity index (χ1n) is 4.91. The van der Waals surface area contributed by atoms with Gasteiger partial charge in [-0.1, -0.05) is 43.9 Å². The van der Waals surface area contributed by atoms with Crippen molar-refractivity contribution in [3.63, 3.8) is 0 Å². The van der Waals surface area contributed by atoms with Crippen LogP contribution in [0.1, 0.15) is 20.8 Å². The molecule has 0 spiro atoms. The lowest BCUT2D eigenvalue weighted by molar-refractivity contribution is -0.123. The summed E-state index contributed by atoms with van der Waals surface area (Å²) in [5.41, 5.74) is 4.97. The Balaban J connectivity index is 2.55. The summed E-state index contributed by atoms with van der Waals surface area (Å²) >= 11 is 2.91. The topological polar surface area (TPSA) is 80.9 Å². The second-order valence-corrected chi connectivity index (χ2v) is 6.53. The number of nitrogens with two attached hydrogens (primary N) is 1. The molecule has 0 aliphatic rings. The fourth-order valence-electron chi connectivity index (χ4n) is 0.749. The lowest BCUT2D eigenvalue weighted by Gasteiger charge is -2.15. The second kappa shape index (κ2) is 5.60. The third-order valence-corrected chi connectivity index (χ3v) is 3.66. The zero-order valence-electron chi connectivity index (χ0n) is 9.61. The van der Waals surface area contributed by atoms with E-state index < -0.39 is 5.41 Å². The number of hydrogen-bond donors (Lipinski definition) is 2. The maximum absolute atomic E-state index is 11.7. The number of aromatic nitrogens is 2. The summed E-state index contributed by atoms with van der Waals surface area (Å²) in [6, 6.07) is 0. The highest BCUT2D eigenvalue weighted by molar-refractivity contribution is 8.01. The van der Waals surface area contributed by atoms with Gasteiger partial charge in [0.25, 0.3) is 0 Å². The Morgan fingerprint density at radius 3 is 2.75 bits per heavy atom. The first-order chi connectivity index (χ1) is 7.43. The molecule has 5 nitrogen and oxygen atoms in total. The molecule has 0 saturated carbocycles. The molecule has 0 aliphatic carbocycles. The SMILES string of the molecule is CC(C)(C)C(=O)Nc1nnc(SCCN)s1. The molecule has 1 aromatic heterocycles. The predicted molar refractivity (Wildman–Crippen MR) is 67.8 cm³/mol. The van der Waals surface area contributed by atoms with Gasteiger partial charge in [0.05, 0.1) is 0 Å². The average Bonchev–Trinajstić information content (AvgIpc) is 2.61. The minimum absolute atomic E-state index is 0.0565. The van der Waals surface area contributed by atoms with Crippen molar-refractivity contribution in [3.8, 4) is 0 Å². The molecule has 0 bridgehead atoms. The van der Waals surface area contributed by atoms with Crippen molar-refractivity contribution in [3.05, 3.63) is 0 Å². The van der Waals surface area contributed by atoms with Crippen LogP contribution in [0.3, 0.4) is 0 Å². The van der Waals surface area contributed by atoms with Crippen molar-refractivity contribution in [2.75, 3.05) is 17.6 Å². The van der Waals surface area contributed by atoms with Crippen molar-refractivity contribution >= 4 is 34.1 Å². The van der Waals surface area contributed by atoms with Crippen LogP contribution in [0.2, 0.25) is 0 Å². The molecular formula is C9H16N4OS2. The van der Waals surface area contributed by atoms with E-state index in [0.29, 0.717) is 11.7 Å². The summed E-state index contributed by atoms with van der Waals surface area (Å²) in [5, 5.41) is 11.1.